The highest BCUT2D eigenvalue weighted by molar-refractivity contribution is 5.72. The Bertz CT molecular complexity index is 394. The molecule has 0 radical (unpaired) electrons. The molecule has 2 aliphatic carbocycles. The van der Waals surface area contributed by atoms with E-state index < -0.39 is 0 Å². The molecule has 0 N–H and O–H groups in total. The van der Waals surface area contributed by atoms with Crippen LogP contribution in [0.3, 0.4) is 0 Å². The average molecular weight is 289 g/mol. The first kappa shape index (κ1) is 16.1. The molecular formula is C18H27NO2. The topological polar surface area (TPSA) is 50.1 Å². The largest absolute Gasteiger partial charge is 0.462 e. The normalized spacial score (nSPS) is 33.5. The Balaban J connectivity index is 1.70. The van der Waals surface area contributed by atoms with Crippen molar-refractivity contribution in [3.8, 4) is 6.07 Å². The molecule has 0 heterocycles. The summed E-state index contributed by atoms with van der Waals surface area (Å²) in [6, 6.07) is 2.04. The molecule has 0 unspecified atom stereocenters. The highest BCUT2D eigenvalue weighted by Crippen LogP contribution is 2.33. The molecule has 0 spiro atoms. The van der Waals surface area contributed by atoms with Gasteiger partial charge in [0.25, 0.3) is 0 Å². The Labute approximate surface area is 128 Å². The van der Waals surface area contributed by atoms with Crippen molar-refractivity contribution in [1.82, 2.24) is 0 Å². The van der Waals surface area contributed by atoms with E-state index in [0.29, 0.717) is 5.92 Å². The van der Waals surface area contributed by atoms with Gasteiger partial charge in [0.15, 0.2) is 0 Å². The van der Waals surface area contributed by atoms with E-state index in [4.69, 9.17) is 10.00 Å². The molecule has 2 saturated carbocycles. The average Bonchev–Trinajstić information content (AvgIpc) is 2.54. The van der Waals surface area contributed by atoms with Gasteiger partial charge in [-0.2, -0.15) is 5.26 Å². The SMILES string of the molecule is CC[C@H]1CC[C@H](OC(=O)[C@H]2CC[C@H](C=CC#N)CC2)CC1. The fourth-order valence-electron chi connectivity index (χ4n) is 3.64. The summed E-state index contributed by atoms with van der Waals surface area (Å²) >= 11 is 0. The fourth-order valence-corrected chi connectivity index (χ4v) is 3.64. The zero-order valence-corrected chi connectivity index (χ0v) is 13.1. The van der Waals surface area contributed by atoms with Gasteiger partial charge >= 0.3 is 5.97 Å². The van der Waals surface area contributed by atoms with E-state index >= 15 is 0 Å². The first-order valence-electron chi connectivity index (χ1n) is 8.49. The van der Waals surface area contributed by atoms with Crippen LogP contribution in [-0.2, 0) is 9.53 Å². The van der Waals surface area contributed by atoms with Gasteiger partial charge in [0.1, 0.15) is 6.10 Å². The van der Waals surface area contributed by atoms with E-state index in [1.807, 2.05) is 12.1 Å². The minimum atomic E-state index is 0.0256. The van der Waals surface area contributed by atoms with Crippen molar-refractivity contribution in [1.29, 1.82) is 5.26 Å². The molecule has 0 bridgehead atoms. The summed E-state index contributed by atoms with van der Waals surface area (Å²) in [4.78, 5) is 12.2. The van der Waals surface area contributed by atoms with Gasteiger partial charge in [0, 0.05) is 6.08 Å². The van der Waals surface area contributed by atoms with Gasteiger partial charge in [-0.25, -0.2) is 0 Å². The van der Waals surface area contributed by atoms with E-state index in [1.54, 1.807) is 6.08 Å². The number of hydrogen-bond donors (Lipinski definition) is 0. The maximum atomic E-state index is 12.2. The third kappa shape index (κ3) is 4.88. The number of allylic oxidation sites excluding steroid dienone is 2. The van der Waals surface area contributed by atoms with E-state index in [9.17, 15) is 4.79 Å². The summed E-state index contributed by atoms with van der Waals surface area (Å²) in [7, 11) is 0. The Kier molecular flexibility index (Phi) is 6.29. The van der Waals surface area contributed by atoms with Crippen molar-refractivity contribution in [2.45, 2.75) is 70.8 Å². The van der Waals surface area contributed by atoms with Crippen molar-refractivity contribution in [2.75, 3.05) is 0 Å². The molecule has 21 heavy (non-hydrogen) atoms. The second kappa shape index (κ2) is 8.22. The molecule has 0 aromatic rings. The third-order valence-corrected chi connectivity index (χ3v) is 5.20. The van der Waals surface area contributed by atoms with E-state index in [-0.39, 0.29) is 18.0 Å². The highest BCUT2D eigenvalue weighted by atomic mass is 16.5. The summed E-state index contributed by atoms with van der Waals surface area (Å²) in [6.07, 6.45) is 13.3. The number of ether oxygens (including phenoxy) is 1. The van der Waals surface area contributed by atoms with Crippen LogP contribution in [0.15, 0.2) is 12.2 Å². The van der Waals surface area contributed by atoms with Gasteiger partial charge in [-0.3, -0.25) is 4.79 Å². The van der Waals surface area contributed by atoms with Crippen LogP contribution in [-0.4, -0.2) is 12.1 Å². The Morgan fingerprint density at radius 1 is 1.14 bits per heavy atom. The van der Waals surface area contributed by atoms with Crippen LogP contribution in [0.2, 0.25) is 0 Å². The van der Waals surface area contributed by atoms with E-state index in [0.717, 1.165) is 44.4 Å². The van der Waals surface area contributed by atoms with Crippen LogP contribution < -0.4 is 0 Å². The quantitative estimate of drug-likeness (QED) is 0.570. The monoisotopic (exact) mass is 289 g/mol. The minimum absolute atomic E-state index is 0.0256. The van der Waals surface area contributed by atoms with Crippen LogP contribution in [0.1, 0.15) is 64.7 Å². The molecule has 0 saturated heterocycles. The molecular weight excluding hydrogens is 262 g/mol. The number of nitrogens with zero attached hydrogens (tertiary/aromatic N) is 1. The standard InChI is InChI=1S/C18H27NO2/c1-2-14-7-11-17(12-8-14)21-18(20)16-9-5-15(6-10-16)4-3-13-19/h3-4,14-17H,2,5-12H2,1H3/t14-,15-,16-,17-. The number of carbonyl (C=O) groups is 1. The van der Waals surface area contributed by atoms with Crippen molar-refractivity contribution in [3.63, 3.8) is 0 Å². The van der Waals surface area contributed by atoms with Gasteiger partial charge in [0.2, 0.25) is 0 Å². The smallest absolute Gasteiger partial charge is 0.309 e. The van der Waals surface area contributed by atoms with Crippen molar-refractivity contribution < 1.29 is 9.53 Å². The highest BCUT2D eigenvalue weighted by Gasteiger charge is 2.29. The van der Waals surface area contributed by atoms with Gasteiger partial charge in [-0.15, -0.1) is 0 Å². The summed E-state index contributed by atoms with van der Waals surface area (Å²) in [5.74, 6) is 1.41. The maximum absolute atomic E-state index is 12.2. The third-order valence-electron chi connectivity index (χ3n) is 5.20. The molecule has 2 fully saturated rings. The molecule has 0 aromatic carbocycles. The fraction of sp³-hybridized carbons (Fsp3) is 0.778. The van der Waals surface area contributed by atoms with Gasteiger partial charge in [-0.1, -0.05) is 19.4 Å². The van der Waals surface area contributed by atoms with Crippen LogP contribution >= 0.6 is 0 Å². The van der Waals surface area contributed by atoms with Crippen LogP contribution in [0.5, 0.6) is 0 Å². The molecule has 3 heteroatoms. The van der Waals surface area contributed by atoms with Gasteiger partial charge < -0.3 is 4.74 Å². The lowest BCUT2D eigenvalue weighted by molar-refractivity contribution is -0.157. The van der Waals surface area contributed by atoms with Gasteiger partial charge in [-0.05, 0) is 63.2 Å². The zero-order valence-electron chi connectivity index (χ0n) is 13.1. The predicted octanol–water partition coefficient (Wildman–Crippen LogP) is 4.38. The second-order valence-corrected chi connectivity index (χ2v) is 6.59. The maximum Gasteiger partial charge on any atom is 0.309 e. The first-order valence-corrected chi connectivity index (χ1v) is 8.49. The number of hydrogen-bond acceptors (Lipinski definition) is 3. The van der Waals surface area contributed by atoms with Crippen LogP contribution in [0.4, 0.5) is 0 Å². The number of rotatable bonds is 4. The molecule has 0 aromatic heterocycles. The van der Waals surface area contributed by atoms with Crippen LogP contribution in [0.25, 0.3) is 0 Å². The molecule has 2 rings (SSSR count). The molecule has 3 nitrogen and oxygen atoms in total. The predicted molar refractivity (Wildman–Crippen MR) is 82.3 cm³/mol. The van der Waals surface area contributed by atoms with E-state index in [1.165, 1.54) is 19.3 Å². The lowest BCUT2D eigenvalue weighted by atomic mass is 9.81. The summed E-state index contributed by atoms with van der Waals surface area (Å²) in [6.45, 7) is 2.25. The molecule has 116 valence electrons. The van der Waals surface area contributed by atoms with Gasteiger partial charge in [0.05, 0.1) is 12.0 Å². The number of nitriles is 1. The van der Waals surface area contributed by atoms with Crippen molar-refractivity contribution in [2.24, 2.45) is 17.8 Å². The van der Waals surface area contributed by atoms with Crippen molar-refractivity contribution >= 4 is 5.97 Å². The Morgan fingerprint density at radius 2 is 1.81 bits per heavy atom. The minimum Gasteiger partial charge on any atom is -0.462 e. The first-order chi connectivity index (χ1) is 10.2. The lowest BCUT2D eigenvalue weighted by Crippen LogP contribution is -2.29. The summed E-state index contributed by atoms with van der Waals surface area (Å²) in [5.41, 5.74) is 0. The Morgan fingerprint density at radius 3 is 2.38 bits per heavy atom. The molecule has 2 aliphatic rings. The zero-order chi connectivity index (χ0) is 15.1. The van der Waals surface area contributed by atoms with Crippen molar-refractivity contribution in [3.05, 3.63) is 12.2 Å². The number of carbonyl (C=O) groups excluding carboxylic acids is 1. The van der Waals surface area contributed by atoms with E-state index in [2.05, 4.69) is 6.92 Å². The summed E-state index contributed by atoms with van der Waals surface area (Å²) < 4.78 is 5.73. The Hall–Kier alpha value is -1.30. The second-order valence-electron chi connectivity index (χ2n) is 6.59. The molecule has 0 aliphatic heterocycles. The molecule has 0 amide bonds. The molecule has 0 atom stereocenters. The van der Waals surface area contributed by atoms with Crippen LogP contribution in [0, 0.1) is 29.1 Å². The number of esters is 1. The summed E-state index contributed by atoms with van der Waals surface area (Å²) in [5, 5.41) is 8.54. The lowest BCUT2D eigenvalue weighted by Gasteiger charge is -2.30.